The lowest BCUT2D eigenvalue weighted by Crippen LogP contribution is -2.40. The Hall–Kier alpha value is -0.830. The van der Waals surface area contributed by atoms with Crippen LogP contribution in [0.1, 0.15) is 24.6 Å². The number of likely N-dealkylation sites (N-methyl/N-ethyl adjacent to an activating group) is 1. The topological polar surface area (TPSA) is 56.7 Å². The van der Waals surface area contributed by atoms with Crippen LogP contribution in [-0.2, 0) is 11.2 Å². The van der Waals surface area contributed by atoms with E-state index in [-0.39, 0.29) is 35.8 Å². The highest BCUT2D eigenvalue weighted by atomic mass is 127. The first kappa shape index (κ1) is 20.2. The molecule has 1 aromatic rings. The van der Waals surface area contributed by atoms with Crippen LogP contribution in [-0.4, -0.2) is 50.0 Å². The van der Waals surface area contributed by atoms with Crippen molar-refractivity contribution in [3.05, 3.63) is 22.4 Å². The average Bonchev–Trinajstić information content (AvgIpc) is 3.24. The summed E-state index contributed by atoms with van der Waals surface area (Å²) in [7, 11) is 2.05. The number of guanidine groups is 1. The number of nitrogens with one attached hydrogen (secondary N) is 2. The van der Waals surface area contributed by atoms with Crippen LogP contribution in [0.5, 0.6) is 0 Å². The van der Waals surface area contributed by atoms with E-state index in [0.717, 1.165) is 38.3 Å². The van der Waals surface area contributed by atoms with Gasteiger partial charge in [0.05, 0.1) is 6.54 Å². The summed E-state index contributed by atoms with van der Waals surface area (Å²) < 4.78 is 0. The van der Waals surface area contributed by atoms with E-state index in [4.69, 9.17) is 0 Å². The third-order valence-corrected chi connectivity index (χ3v) is 4.53. The van der Waals surface area contributed by atoms with Crippen LogP contribution in [0.15, 0.2) is 22.5 Å². The molecule has 23 heavy (non-hydrogen) atoms. The molecular formula is C16H27IN4OS. The lowest BCUT2D eigenvalue weighted by Gasteiger charge is -2.21. The van der Waals surface area contributed by atoms with Crippen molar-refractivity contribution in [2.45, 2.75) is 26.2 Å². The zero-order valence-corrected chi connectivity index (χ0v) is 17.0. The van der Waals surface area contributed by atoms with Gasteiger partial charge in [0, 0.05) is 37.5 Å². The van der Waals surface area contributed by atoms with Gasteiger partial charge in [-0.15, -0.1) is 35.3 Å². The van der Waals surface area contributed by atoms with Crippen LogP contribution >= 0.6 is 35.3 Å². The molecule has 1 aromatic heterocycles. The number of halogens is 1. The molecule has 1 saturated carbocycles. The zero-order valence-electron chi connectivity index (χ0n) is 13.9. The minimum Gasteiger partial charge on any atom is -0.357 e. The summed E-state index contributed by atoms with van der Waals surface area (Å²) in [6.45, 7) is 5.07. The van der Waals surface area contributed by atoms with Crippen molar-refractivity contribution >= 4 is 47.2 Å². The summed E-state index contributed by atoms with van der Waals surface area (Å²) in [5, 5.41) is 8.36. The molecule has 0 spiro atoms. The number of nitrogens with zero attached hydrogens (tertiary/aromatic N) is 2. The van der Waals surface area contributed by atoms with Gasteiger partial charge in [0.25, 0.3) is 0 Å². The predicted molar refractivity (Wildman–Crippen MR) is 108 cm³/mol. The van der Waals surface area contributed by atoms with Gasteiger partial charge in [0.15, 0.2) is 5.96 Å². The number of thiophene rings is 1. The van der Waals surface area contributed by atoms with Crippen molar-refractivity contribution < 1.29 is 4.79 Å². The van der Waals surface area contributed by atoms with Crippen molar-refractivity contribution in [1.29, 1.82) is 0 Å². The van der Waals surface area contributed by atoms with E-state index in [1.54, 1.807) is 11.3 Å². The summed E-state index contributed by atoms with van der Waals surface area (Å²) in [5.41, 5.74) is 0. The summed E-state index contributed by atoms with van der Waals surface area (Å²) in [6, 6.07) is 4.25. The number of hydrogen-bond acceptors (Lipinski definition) is 3. The minimum absolute atomic E-state index is 0. The lowest BCUT2D eigenvalue weighted by molar-refractivity contribution is -0.122. The van der Waals surface area contributed by atoms with Crippen LogP contribution in [0.4, 0.5) is 0 Å². The molecule has 0 saturated heterocycles. The first-order valence-electron chi connectivity index (χ1n) is 8.00. The second-order valence-corrected chi connectivity index (χ2v) is 6.58. The summed E-state index contributed by atoms with van der Waals surface area (Å²) in [5.74, 6) is 1.36. The highest BCUT2D eigenvalue weighted by molar-refractivity contribution is 14.0. The Morgan fingerprint density at radius 3 is 2.83 bits per heavy atom. The average molecular weight is 450 g/mol. The molecule has 1 aliphatic rings. The standard InChI is InChI=1S/C16H26N4OS.HI/c1-3-17-16(19-10-9-18-15(21)13-6-7-13)20(2)11-8-14-5-4-12-22-14;/h4-5,12-13H,3,6-11H2,1-2H3,(H,17,19)(H,18,21);1H. The van der Waals surface area contributed by atoms with E-state index >= 15 is 0 Å². The van der Waals surface area contributed by atoms with E-state index < -0.39 is 0 Å². The first-order valence-corrected chi connectivity index (χ1v) is 8.88. The number of hydrogen-bond donors (Lipinski definition) is 2. The van der Waals surface area contributed by atoms with Gasteiger partial charge in [-0.3, -0.25) is 9.79 Å². The van der Waals surface area contributed by atoms with Gasteiger partial charge in [0.2, 0.25) is 5.91 Å². The van der Waals surface area contributed by atoms with Gasteiger partial charge < -0.3 is 15.5 Å². The van der Waals surface area contributed by atoms with Crippen LogP contribution in [0.3, 0.4) is 0 Å². The molecule has 2 rings (SSSR count). The Kier molecular flexibility index (Phi) is 9.54. The van der Waals surface area contributed by atoms with Crippen molar-refractivity contribution in [2.24, 2.45) is 10.9 Å². The van der Waals surface area contributed by atoms with Crippen molar-refractivity contribution in [3.63, 3.8) is 0 Å². The van der Waals surface area contributed by atoms with Crippen LogP contribution < -0.4 is 10.6 Å². The molecule has 0 unspecified atom stereocenters. The van der Waals surface area contributed by atoms with E-state index in [9.17, 15) is 4.79 Å². The van der Waals surface area contributed by atoms with Crippen molar-refractivity contribution in [1.82, 2.24) is 15.5 Å². The van der Waals surface area contributed by atoms with Gasteiger partial charge in [-0.05, 0) is 37.6 Å². The molecule has 2 N–H and O–H groups in total. The van der Waals surface area contributed by atoms with E-state index in [1.807, 2.05) is 0 Å². The maximum absolute atomic E-state index is 11.6. The molecule has 1 aliphatic carbocycles. The number of aliphatic imine (C=N–C) groups is 1. The molecule has 1 fully saturated rings. The Labute approximate surface area is 160 Å². The Balaban J connectivity index is 0.00000264. The van der Waals surface area contributed by atoms with Gasteiger partial charge in [0.1, 0.15) is 0 Å². The lowest BCUT2D eigenvalue weighted by atomic mass is 10.3. The molecule has 0 aromatic carbocycles. The summed E-state index contributed by atoms with van der Waals surface area (Å²) in [6.07, 6.45) is 3.11. The van der Waals surface area contributed by atoms with Crippen LogP contribution in [0, 0.1) is 5.92 Å². The molecule has 1 amide bonds. The summed E-state index contributed by atoms with van der Waals surface area (Å²) >= 11 is 1.79. The van der Waals surface area contributed by atoms with Gasteiger partial charge in [-0.1, -0.05) is 6.07 Å². The number of carbonyl (C=O) groups is 1. The molecule has 0 aliphatic heterocycles. The quantitative estimate of drug-likeness (QED) is 0.277. The maximum atomic E-state index is 11.6. The fourth-order valence-electron chi connectivity index (χ4n) is 2.14. The summed E-state index contributed by atoms with van der Waals surface area (Å²) in [4.78, 5) is 19.7. The Morgan fingerprint density at radius 2 is 2.22 bits per heavy atom. The van der Waals surface area contributed by atoms with Gasteiger partial charge in [-0.25, -0.2) is 0 Å². The van der Waals surface area contributed by atoms with E-state index in [2.05, 4.69) is 52.0 Å². The number of amides is 1. The molecule has 0 bridgehead atoms. The molecule has 0 radical (unpaired) electrons. The van der Waals surface area contributed by atoms with Crippen LogP contribution in [0.25, 0.3) is 0 Å². The number of rotatable bonds is 8. The van der Waals surface area contributed by atoms with Crippen molar-refractivity contribution in [2.75, 3.05) is 33.2 Å². The zero-order chi connectivity index (χ0) is 15.8. The largest absolute Gasteiger partial charge is 0.357 e. The third-order valence-electron chi connectivity index (χ3n) is 3.59. The molecule has 1 heterocycles. The fraction of sp³-hybridized carbons (Fsp3) is 0.625. The molecule has 130 valence electrons. The highest BCUT2D eigenvalue weighted by Gasteiger charge is 2.28. The van der Waals surface area contributed by atoms with Gasteiger partial charge >= 0.3 is 0 Å². The Morgan fingerprint density at radius 1 is 1.43 bits per heavy atom. The molecule has 5 nitrogen and oxygen atoms in total. The second-order valence-electron chi connectivity index (χ2n) is 5.55. The van der Waals surface area contributed by atoms with Crippen molar-refractivity contribution in [3.8, 4) is 0 Å². The minimum atomic E-state index is 0. The monoisotopic (exact) mass is 450 g/mol. The van der Waals surface area contributed by atoms with E-state index in [1.165, 1.54) is 4.88 Å². The third kappa shape index (κ3) is 7.52. The smallest absolute Gasteiger partial charge is 0.223 e. The SMILES string of the molecule is CCNC(=NCCNC(=O)C1CC1)N(C)CCc1cccs1.I. The van der Waals surface area contributed by atoms with E-state index in [0.29, 0.717) is 13.1 Å². The molecule has 7 heteroatoms. The molecular weight excluding hydrogens is 423 g/mol. The number of carbonyl (C=O) groups excluding carboxylic acids is 1. The molecule has 0 atom stereocenters. The second kappa shape index (κ2) is 10.9. The normalized spacial score (nSPS) is 14.1. The Bertz CT molecular complexity index is 488. The fourth-order valence-corrected chi connectivity index (χ4v) is 2.84. The highest BCUT2D eigenvalue weighted by Crippen LogP contribution is 2.28. The maximum Gasteiger partial charge on any atom is 0.223 e. The first-order chi connectivity index (χ1) is 10.7. The van der Waals surface area contributed by atoms with Crippen LogP contribution in [0.2, 0.25) is 0 Å². The predicted octanol–water partition coefficient (Wildman–Crippen LogP) is 2.33. The van der Waals surface area contributed by atoms with Gasteiger partial charge in [-0.2, -0.15) is 0 Å².